The Kier molecular flexibility index (Phi) is 4.16. The molecule has 1 amide bonds. The van der Waals surface area contributed by atoms with E-state index in [0.717, 1.165) is 29.4 Å². The van der Waals surface area contributed by atoms with E-state index in [2.05, 4.69) is 21.3 Å². The molecule has 0 saturated carbocycles. The van der Waals surface area contributed by atoms with Crippen LogP contribution >= 0.6 is 23.1 Å². The highest BCUT2D eigenvalue weighted by Crippen LogP contribution is 2.33. The highest BCUT2D eigenvalue weighted by Gasteiger charge is 2.34. The SMILES string of the molecule is CSc1ccc(NC(=O)C2CN(c3nc4ccccc4s3)C2)cc1. The fourth-order valence-electron chi connectivity index (χ4n) is 2.71. The van der Waals surface area contributed by atoms with Crippen molar-refractivity contribution in [3.63, 3.8) is 0 Å². The Balaban J connectivity index is 1.36. The van der Waals surface area contributed by atoms with Gasteiger partial charge in [0, 0.05) is 23.7 Å². The second-order valence-electron chi connectivity index (χ2n) is 5.78. The molecule has 2 heterocycles. The lowest BCUT2D eigenvalue weighted by Crippen LogP contribution is -2.52. The summed E-state index contributed by atoms with van der Waals surface area (Å²) in [7, 11) is 0. The molecule has 6 heteroatoms. The lowest BCUT2D eigenvalue weighted by atomic mass is 10.00. The number of nitrogens with zero attached hydrogens (tertiary/aromatic N) is 2. The summed E-state index contributed by atoms with van der Waals surface area (Å²) < 4.78 is 1.19. The van der Waals surface area contributed by atoms with E-state index in [9.17, 15) is 4.79 Å². The molecule has 2 aromatic carbocycles. The quantitative estimate of drug-likeness (QED) is 0.716. The van der Waals surface area contributed by atoms with Gasteiger partial charge in [0.2, 0.25) is 5.91 Å². The van der Waals surface area contributed by atoms with Crippen LogP contribution in [0.25, 0.3) is 10.2 Å². The average molecular weight is 355 g/mol. The number of para-hydroxylation sites is 1. The van der Waals surface area contributed by atoms with Gasteiger partial charge in [0.15, 0.2) is 5.13 Å². The maximum Gasteiger partial charge on any atom is 0.231 e. The van der Waals surface area contributed by atoms with Crippen molar-refractivity contribution in [2.24, 2.45) is 5.92 Å². The van der Waals surface area contributed by atoms with Gasteiger partial charge >= 0.3 is 0 Å². The van der Waals surface area contributed by atoms with Crippen LogP contribution in [0.2, 0.25) is 0 Å². The molecule has 0 atom stereocenters. The minimum atomic E-state index is 0.0252. The number of amides is 1. The van der Waals surface area contributed by atoms with Crippen LogP contribution in [0.4, 0.5) is 10.8 Å². The molecule has 1 N–H and O–H groups in total. The molecule has 122 valence electrons. The first-order valence-corrected chi connectivity index (χ1v) is 9.82. The summed E-state index contributed by atoms with van der Waals surface area (Å²) in [6.45, 7) is 1.46. The number of fused-ring (bicyclic) bond motifs is 1. The van der Waals surface area contributed by atoms with Crippen LogP contribution in [0.1, 0.15) is 0 Å². The van der Waals surface area contributed by atoms with Gasteiger partial charge in [-0.1, -0.05) is 23.5 Å². The van der Waals surface area contributed by atoms with E-state index < -0.39 is 0 Å². The number of benzene rings is 2. The zero-order valence-electron chi connectivity index (χ0n) is 13.2. The van der Waals surface area contributed by atoms with E-state index in [1.165, 1.54) is 9.60 Å². The number of carbonyl (C=O) groups is 1. The van der Waals surface area contributed by atoms with Gasteiger partial charge in [-0.3, -0.25) is 4.79 Å². The molecule has 1 aromatic heterocycles. The first-order chi connectivity index (χ1) is 11.7. The predicted molar refractivity (Wildman–Crippen MR) is 102 cm³/mol. The largest absolute Gasteiger partial charge is 0.346 e. The molecule has 4 rings (SSSR count). The second kappa shape index (κ2) is 6.45. The van der Waals surface area contributed by atoms with E-state index in [0.29, 0.717) is 0 Å². The first-order valence-electron chi connectivity index (χ1n) is 7.78. The Morgan fingerprint density at radius 2 is 1.96 bits per heavy atom. The smallest absolute Gasteiger partial charge is 0.231 e. The van der Waals surface area contributed by atoms with Gasteiger partial charge in [0.05, 0.1) is 16.1 Å². The van der Waals surface area contributed by atoms with Gasteiger partial charge in [-0.2, -0.15) is 0 Å². The summed E-state index contributed by atoms with van der Waals surface area (Å²) in [5, 5.41) is 4.01. The van der Waals surface area contributed by atoms with Crippen LogP contribution in [0.15, 0.2) is 53.4 Å². The van der Waals surface area contributed by atoms with Crippen molar-refractivity contribution >= 4 is 50.0 Å². The highest BCUT2D eigenvalue weighted by atomic mass is 32.2. The Morgan fingerprint density at radius 3 is 2.67 bits per heavy atom. The Morgan fingerprint density at radius 1 is 1.21 bits per heavy atom. The van der Waals surface area contributed by atoms with Crippen molar-refractivity contribution in [1.82, 2.24) is 4.98 Å². The van der Waals surface area contributed by atoms with Crippen LogP contribution < -0.4 is 10.2 Å². The number of aromatic nitrogens is 1. The summed E-state index contributed by atoms with van der Waals surface area (Å²) in [5.74, 6) is 0.113. The molecule has 3 aromatic rings. The van der Waals surface area contributed by atoms with Crippen LogP contribution in [-0.4, -0.2) is 30.2 Å². The predicted octanol–water partition coefficient (Wildman–Crippen LogP) is 4.09. The van der Waals surface area contributed by atoms with Crippen LogP contribution in [-0.2, 0) is 4.79 Å². The van der Waals surface area contributed by atoms with E-state index >= 15 is 0 Å². The summed E-state index contributed by atoms with van der Waals surface area (Å²) in [6.07, 6.45) is 2.04. The third-order valence-corrected chi connectivity index (χ3v) is 6.00. The standard InChI is InChI=1S/C18H17N3OS2/c1-23-14-8-6-13(7-9-14)19-17(22)12-10-21(11-12)18-20-15-4-2-3-5-16(15)24-18/h2-9,12H,10-11H2,1H3,(H,19,22). The molecule has 24 heavy (non-hydrogen) atoms. The minimum absolute atomic E-state index is 0.0252. The molecular weight excluding hydrogens is 338 g/mol. The van der Waals surface area contributed by atoms with E-state index in [-0.39, 0.29) is 11.8 Å². The van der Waals surface area contributed by atoms with Gasteiger partial charge in [0.25, 0.3) is 0 Å². The van der Waals surface area contributed by atoms with Crippen molar-refractivity contribution in [3.05, 3.63) is 48.5 Å². The maximum absolute atomic E-state index is 12.3. The number of thioether (sulfide) groups is 1. The number of hydrogen-bond donors (Lipinski definition) is 1. The summed E-state index contributed by atoms with van der Waals surface area (Å²) in [5.41, 5.74) is 1.88. The Bertz CT molecular complexity index is 836. The van der Waals surface area contributed by atoms with Crippen molar-refractivity contribution in [2.45, 2.75) is 4.90 Å². The number of rotatable bonds is 4. The normalized spacial score (nSPS) is 14.6. The summed E-state index contributed by atoms with van der Waals surface area (Å²) in [6, 6.07) is 16.1. The van der Waals surface area contributed by atoms with E-state index in [1.807, 2.05) is 48.7 Å². The number of nitrogens with one attached hydrogen (secondary N) is 1. The zero-order valence-corrected chi connectivity index (χ0v) is 14.9. The third kappa shape index (κ3) is 2.99. The zero-order chi connectivity index (χ0) is 16.5. The van der Waals surface area contributed by atoms with Crippen molar-refractivity contribution in [2.75, 3.05) is 29.6 Å². The van der Waals surface area contributed by atoms with E-state index in [4.69, 9.17) is 0 Å². The van der Waals surface area contributed by atoms with Crippen molar-refractivity contribution < 1.29 is 4.79 Å². The van der Waals surface area contributed by atoms with Crippen molar-refractivity contribution in [3.8, 4) is 0 Å². The highest BCUT2D eigenvalue weighted by molar-refractivity contribution is 7.98. The molecule has 0 spiro atoms. The van der Waals surface area contributed by atoms with Gasteiger partial charge in [-0.05, 0) is 42.7 Å². The molecule has 0 radical (unpaired) electrons. The van der Waals surface area contributed by atoms with Gasteiger partial charge in [-0.15, -0.1) is 11.8 Å². The molecule has 1 aliphatic rings. The molecule has 0 unspecified atom stereocenters. The van der Waals surface area contributed by atoms with Crippen molar-refractivity contribution in [1.29, 1.82) is 0 Å². The molecule has 1 fully saturated rings. The molecular formula is C18H17N3OS2. The fraction of sp³-hybridized carbons (Fsp3) is 0.222. The lowest BCUT2D eigenvalue weighted by molar-refractivity contribution is -0.120. The van der Waals surface area contributed by atoms with Gasteiger partial charge in [0.1, 0.15) is 0 Å². The summed E-state index contributed by atoms with van der Waals surface area (Å²) in [4.78, 5) is 20.3. The number of hydrogen-bond acceptors (Lipinski definition) is 5. The average Bonchev–Trinajstić information content (AvgIpc) is 2.97. The van der Waals surface area contributed by atoms with E-state index in [1.54, 1.807) is 23.1 Å². The molecule has 4 nitrogen and oxygen atoms in total. The monoisotopic (exact) mass is 355 g/mol. The maximum atomic E-state index is 12.3. The summed E-state index contributed by atoms with van der Waals surface area (Å²) >= 11 is 3.38. The fourth-order valence-corrected chi connectivity index (χ4v) is 4.11. The van der Waals surface area contributed by atoms with Gasteiger partial charge in [-0.25, -0.2) is 4.98 Å². The Labute approximate surface area is 148 Å². The van der Waals surface area contributed by atoms with Crippen LogP contribution in [0.5, 0.6) is 0 Å². The van der Waals surface area contributed by atoms with Crippen LogP contribution in [0, 0.1) is 5.92 Å². The molecule has 0 aliphatic carbocycles. The number of thiazole rings is 1. The Hall–Kier alpha value is -2.05. The molecule has 1 saturated heterocycles. The van der Waals surface area contributed by atoms with Crippen LogP contribution in [0.3, 0.4) is 0 Å². The number of anilines is 2. The molecule has 1 aliphatic heterocycles. The topological polar surface area (TPSA) is 45.2 Å². The minimum Gasteiger partial charge on any atom is -0.346 e. The second-order valence-corrected chi connectivity index (χ2v) is 7.67. The molecule has 0 bridgehead atoms. The first kappa shape index (κ1) is 15.5. The number of carbonyl (C=O) groups excluding carboxylic acids is 1. The third-order valence-electron chi connectivity index (χ3n) is 4.16. The lowest BCUT2D eigenvalue weighted by Gasteiger charge is -2.37. The van der Waals surface area contributed by atoms with Gasteiger partial charge < -0.3 is 10.2 Å².